The highest BCUT2D eigenvalue weighted by Gasteiger charge is 1.95. The van der Waals surface area contributed by atoms with Crippen molar-refractivity contribution in [3.63, 3.8) is 0 Å². The molecule has 0 aromatic carbocycles. The Hall–Kier alpha value is -1.38. The van der Waals surface area contributed by atoms with E-state index in [0.717, 1.165) is 11.1 Å². The monoisotopic (exact) mass is 133 g/mol. The molecule has 0 unspecified atom stereocenters. The molecular formula is C7H7N3. The second kappa shape index (κ2) is 1.80. The summed E-state index contributed by atoms with van der Waals surface area (Å²) in [5.41, 5.74) is 2.23. The van der Waals surface area contributed by atoms with Gasteiger partial charge in [-0.05, 0) is 12.5 Å². The van der Waals surface area contributed by atoms with Crippen LogP contribution in [0.2, 0.25) is 0 Å². The largest absolute Gasteiger partial charge is 0.261 e. The van der Waals surface area contributed by atoms with Crippen molar-refractivity contribution in [3.8, 4) is 0 Å². The third kappa shape index (κ3) is 0.603. The average Bonchev–Trinajstić information content (AvgIpc) is 2.34. The molecular weight excluding hydrogens is 126 g/mol. The van der Waals surface area contributed by atoms with Gasteiger partial charge >= 0.3 is 0 Å². The first kappa shape index (κ1) is 5.41. The topological polar surface area (TPSA) is 30.2 Å². The maximum Gasteiger partial charge on any atom is 0.0873 e. The molecule has 0 fully saturated rings. The Morgan fingerprint density at radius 3 is 3.10 bits per heavy atom. The average molecular weight is 133 g/mol. The predicted octanol–water partition coefficient (Wildman–Crippen LogP) is 1.04. The molecule has 0 amide bonds. The van der Waals surface area contributed by atoms with Crippen molar-refractivity contribution in [1.29, 1.82) is 0 Å². The summed E-state index contributed by atoms with van der Waals surface area (Å²) in [5, 5.41) is 4.09. The van der Waals surface area contributed by atoms with Gasteiger partial charge in [0, 0.05) is 12.4 Å². The normalized spacial score (nSPS) is 10.5. The maximum absolute atomic E-state index is 4.09. The molecule has 3 nitrogen and oxygen atoms in total. The van der Waals surface area contributed by atoms with E-state index in [2.05, 4.69) is 10.1 Å². The summed E-state index contributed by atoms with van der Waals surface area (Å²) >= 11 is 0. The van der Waals surface area contributed by atoms with Crippen molar-refractivity contribution in [2.45, 2.75) is 6.92 Å². The Morgan fingerprint density at radius 2 is 2.30 bits per heavy atom. The highest BCUT2D eigenvalue weighted by Crippen LogP contribution is 2.04. The van der Waals surface area contributed by atoms with Crippen LogP contribution in [-0.4, -0.2) is 14.6 Å². The number of nitrogens with zero attached hydrogens (tertiary/aromatic N) is 3. The van der Waals surface area contributed by atoms with Crippen LogP contribution >= 0.6 is 0 Å². The summed E-state index contributed by atoms with van der Waals surface area (Å²) in [6.45, 7) is 2.02. The first-order valence-electron chi connectivity index (χ1n) is 3.12. The summed E-state index contributed by atoms with van der Waals surface area (Å²) in [7, 11) is 0. The molecule has 2 aromatic heterocycles. The Morgan fingerprint density at radius 1 is 1.40 bits per heavy atom. The van der Waals surface area contributed by atoms with E-state index in [1.807, 2.05) is 30.0 Å². The van der Waals surface area contributed by atoms with E-state index in [1.54, 1.807) is 6.20 Å². The van der Waals surface area contributed by atoms with Crippen molar-refractivity contribution in [3.05, 3.63) is 30.4 Å². The molecule has 0 N–H and O–H groups in total. The van der Waals surface area contributed by atoms with E-state index in [4.69, 9.17) is 0 Å². The SMILES string of the molecule is Cc1cnn2ccncc12. The van der Waals surface area contributed by atoms with Crippen molar-refractivity contribution in [2.75, 3.05) is 0 Å². The van der Waals surface area contributed by atoms with Crippen LogP contribution < -0.4 is 0 Å². The predicted molar refractivity (Wildman–Crippen MR) is 37.7 cm³/mol. The van der Waals surface area contributed by atoms with Crippen LogP contribution in [0.5, 0.6) is 0 Å². The Bertz CT molecular complexity index is 350. The Balaban J connectivity index is 2.93. The summed E-state index contributed by atoms with van der Waals surface area (Å²) in [4.78, 5) is 3.99. The summed E-state index contributed by atoms with van der Waals surface area (Å²) in [6.07, 6.45) is 7.20. The number of hydrogen-bond acceptors (Lipinski definition) is 2. The lowest BCUT2D eigenvalue weighted by atomic mass is 10.3. The molecule has 0 saturated heterocycles. The van der Waals surface area contributed by atoms with Gasteiger partial charge in [0.05, 0.1) is 17.9 Å². The molecule has 0 saturated carbocycles. The molecule has 10 heavy (non-hydrogen) atoms. The van der Waals surface area contributed by atoms with Gasteiger partial charge in [-0.1, -0.05) is 0 Å². The van der Waals surface area contributed by atoms with Crippen molar-refractivity contribution < 1.29 is 0 Å². The molecule has 0 spiro atoms. The van der Waals surface area contributed by atoms with Crippen molar-refractivity contribution in [1.82, 2.24) is 14.6 Å². The van der Waals surface area contributed by atoms with Gasteiger partial charge in [0.2, 0.25) is 0 Å². The lowest BCUT2D eigenvalue weighted by Gasteiger charge is -1.88. The van der Waals surface area contributed by atoms with Crippen molar-refractivity contribution in [2.24, 2.45) is 0 Å². The lowest BCUT2D eigenvalue weighted by molar-refractivity contribution is 0.946. The fourth-order valence-electron chi connectivity index (χ4n) is 0.953. The van der Waals surface area contributed by atoms with Crippen LogP contribution in [0.1, 0.15) is 5.56 Å². The van der Waals surface area contributed by atoms with Crippen LogP contribution in [0, 0.1) is 6.92 Å². The molecule has 2 rings (SSSR count). The van der Waals surface area contributed by atoms with Gasteiger partial charge < -0.3 is 0 Å². The van der Waals surface area contributed by atoms with E-state index >= 15 is 0 Å². The molecule has 3 heteroatoms. The van der Waals surface area contributed by atoms with Gasteiger partial charge in [-0.3, -0.25) is 4.98 Å². The lowest BCUT2D eigenvalue weighted by Crippen LogP contribution is -1.85. The third-order valence-corrected chi connectivity index (χ3v) is 1.52. The van der Waals surface area contributed by atoms with E-state index in [9.17, 15) is 0 Å². The fraction of sp³-hybridized carbons (Fsp3) is 0.143. The van der Waals surface area contributed by atoms with E-state index in [-0.39, 0.29) is 0 Å². The summed E-state index contributed by atoms with van der Waals surface area (Å²) < 4.78 is 1.81. The second-order valence-corrected chi connectivity index (χ2v) is 2.23. The van der Waals surface area contributed by atoms with Gasteiger partial charge in [0.25, 0.3) is 0 Å². The van der Waals surface area contributed by atoms with Gasteiger partial charge in [-0.15, -0.1) is 0 Å². The number of hydrogen-bond donors (Lipinski definition) is 0. The van der Waals surface area contributed by atoms with Gasteiger partial charge in [-0.2, -0.15) is 5.10 Å². The number of rotatable bonds is 0. The van der Waals surface area contributed by atoms with Gasteiger partial charge in [0.1, 0.15) is 0 Å². The number of aromatic nitrogens is 3. The summed E-state index contributed by atoms with van der Waals surface area (Å²) in [6, 6.07) is 0. The van der Waals surface area contributed by atoms with Crippen LogP contribution in [-0.2, 0) is 0 Å². The molecule has 0 aliphatic heterocycles. The quantitative estimate of drug-likeness (QED) is 0.537. The molecule has 0 atom stereocenters. The fourth-order valence-corrected chi connectivity index (χ4v) is 0.953. The Kier molecular flexibility index (Phi) is 0.974. The van der Waals surface area contributed by atoms with Crippen LogP contribution in [0.3, 0.4) is 0 Å². The zero-order chi connectivity index (χ0) is 6.97. The van der Waals surface area contributed by atoms with Crippen LogP contribution in [0.4, 0.5) is 0 Å². The molecule has 0 bridgehead atoms. The molecule has 2 aromatic rings. The number of aryl methyl sites for hydroxylation is 1. The van der Waals surface area contributed by atoms with Crippen molar-refractivity contribution >= 4 is 5.52 Å². The van der Waals surface area contributed by atoms with Crippen LogP contribution in [0.25, 0.3) is 5.52 Å². The third-order valence-electron chi connectivity index (χ3n) is 1.52. The minimum Gasteiger partial charge on any atom is -0.261 e. The second-order valence-electron chi connectivity index (χ2n) is 2.23. The Labute approximate surface area is 58.3 Å². The zero-order valence-electron chi connectivity index (χ0n) is 5.65. The van der Waals surface area contributed by atoms with E-state index in [0.29, 0.717) is 0 Å². The van der Waals surface area contributed by atoms with E-state index in [1.165, 1.54) is 0 Å². The zero-order valence-corrected chi connectivity index (χ0v) is 5.65. The smallest absolute Gasteiger partial charge is 0.0873 e. The molecule has 0 aliphatic rings. The highest BCUT2D eigenvalue weighted by molar-refractivity contribution is 5.50. The van der Waals surface area contributed by atoms with E-state index < -0.39 is 0 Å². The first-order chi connectivity index (χ1) is 4.88. The maximum atomic E-state index is 4.09. The minimum atomic E-state index is 1.07. The molecule has 2 heterocycles. The molecule has 0 radical (unpaired) electrons. The van der Waals surface area contributed by atoms with Gasteiger partial charge in [-0.25, -0.2) is 4.52 Å². The van der Waals surface area contributed by atoms with Crippen LogP contribution in [0.15, 0.2) is 24.8 Å². The highest BCUT2D eigenvalue weighted by atomic mass is 15.2. The minimum absolute atomic E-state index is 1.07. The standard InChI is InChI=1S/C7H7N3/c1-6-4-9-10-3-2-8-5-7(6)10/h2-5H,1H3. The summed E-state index contributed by atoms with van der Waals surface area (Å²) in [5.74, 6) is 0. The van der Waals surface area contributed by atoms with Gasteiger partial charge in [0.15, 0.2) is 0 Å². The number of fused-ring (bicyclic) bond motifs is 1. The molecule has 0 aliphatic carbocycles. The first-order valence-corrected chi connectivity index (χ1v) is 3.12. The molecule has 50 valence electrons.